The lowest BCUT2D eigenvalue weighted by Crippen LogP contribution is -2.17. The van der Waals surface area contributed by atoms with E-state index in [2.05, 4.69) is 37.8 Å². The summed E-state index contributed by atoms with van der Waals surface area (Å²) in [6, 6.07) is 9.48. The van der Waals surface area contributed by atoms with E-state index in [-0.39, 0.29) is 12.6 Å². The van der Waals surface area contributed by atoms with E-state index in [9.17, 15) is 9.90 Å². The molecule has 0 bridgehead atoms. The number of unbranched alkanes of at least 4 members (excludes halogenated alkanes) is 2. The number of carbonyl (C=O) groups excluding carboxylic acids is 1. The molecule has 3 nitrogen and oxygen atoms in total. The quantitative estimate of drug-likeness (QED) is 0.103. The second kappa shape index (κ2) is 19.6. The van der Waals surface area contributed by atoms with Gasteiger partial charge in [0.2, 0.25) is 0 Å². The molecule has 232 valence electrons. The maximum atomic E-state index is 11.8. The van der Waals surface area contributed by atoms with E-state index in [1.165, 1.54) is 95.5 Å². The molecule has 1 atom stereocenters. The van der Waals surface area contributed by atoms with Crippen LogP contribution in [0.2, 0.25) is 0 Å². The molecule has 1 N–H and O–H groups in total. The van der Waals surface area contributed by atoms with Crippen LogP contribution in [0.5, 0.6) is 0 Å². The van der Waals surface area contributed by atoms with E-state index in [1.807, 2.05) is 6.92 Å². The molecule has 3 rings (SSSR count). The van der Waals surface area contributed by atoms with Crippen molar-refractivity contribution in [1.82, 2.24) is 0 Å². The Morgan fingerprint density at radius 1 is 0.829 bits per heavy atom. The molecule has 2 fully saturated rings. The fraction of sp³-hybridized carbons (Fsp3) is 0.763. The Hall–Kier alpha value is -1.61. The van der Waals surface area contributed by atoms with Gasteiger partial charge in [-0.3, -0.25) is 0 Å². The Bertz CT molecular complexity index is 843. The average Bonchev–Trinajstić information content (AvgIpc) is 3.01. The number of benzene rings is 1. The summed E-state index contributed by atoms with van der Waals surface area (Å²) < 4.78 is 5.35. The predicted molar refractivity (Wildman–Crippen MR) is 173 cm³/mol. The van der Waals surface area contributed by atoms with Crippen LogP contribution in [0.4, 0.5) is 0 Å². The summed E-state index contributed by atoms with van der Waals surface area (Å²) >= 11 is 0. The number of aliphatic hydroxyl groups is 1. The second-order valence-electron chi connectivity index (χ2n) is 13.6. The summed E-state index contributed by atoms with van der Waals surface area (Å²) in [5.41, 5.74) is 3.49. The van der Waals surface area contributed by atoms with Crippen molar-refractivity contribution in [2.45, 2.75) is 148 Å². The van der Waals surface area contributed by atoms with E-state index in [0.717, 1.165) is 55.8 Å². The van der Waals surface area contributed by atoms with Gasteiger partial charge in [0.15, 0.2) is 0 Å². The van der Waals surface area contributed by atoms with Gasteiger partial charge in [-0.2, -0.15) is 0 Å². The fourth-order valence-electron chi connectivity index (χ4n) is 7.48. The second-order valence-corrected chi connectivity index (χ2v) is 13.6. The van der Waals surface area contributed by atoms with E-state index >= 15 is 0 Å². The van der Waals surface area contributed by atoms with Crippen molar-refractivity contribution in [3.8, 4) is 0 Å². The molecule has 0 heterocycles. The Balaban J connectivity index is 1.29. The minimum absolute atomic E-state index is 0.192. The maximum absolute atomic E-state index is 11.8. The zero-order chi connectivity index (χ0) is 29.3. The van der Waals surface area contributed by atoms with Gasteiger partial charge >= 0.3 is 5.97 Å². The van der Waals surface area contributed by atoms with Crippen LogP contribution in [0.15, 0.2) is 36.4 Å². The van der Waals surface area contributed by atoms with Crippen LogP contribution < -0.4 is 0 Å². The number of hydrogen-bond donors (Lipinski definition) is 1. The van der Waals surface area contributed by atoms with Crippen LogP contribution in [0.25, 0.3) is 0 Å². The SMILES string of the molecule is C=C(CC)C(=O)OCCC(CCO)CCCc1ccc(C2CCC(CCC3CCC(CCCCC)CC3)CC2)cc1. The van der Waals surface area contributed by atoms with Gasteiger partial charge in [0.25, 0.3) is 0 Å². The summed E-state index contributed by atoms with van der Waals surface area (Å²) in [6.45, 7) is 8.59. The van der Waals surface area contributed by atoms with Crippen molar-refractivity contribution in [3.05, 3.63) is 47.5 Å². The molecule has 0 aliphatic heterocycles. The van der Waals surface area contributed by atoms with Crippen LogP contribution in [0, 0.1) is 23.7 Å². The maximum Gasteiger partial charge on any atom is 0.333 e. The minimum atomic E-state index is -0.283. The van der Waals surface area contributed by atoms with Gasteiger partial charge < -0.3 is 9.84 Å². The number of rotatable bonds is 19. The fourth-order valence-corrected chi connectivity index (χ4v) is 7.48. The van der Waals surface area contributed by atoms with Crippen molar-refractivity contribution < 1.29 is 14.6 Å². The molecule has 0 radical (unpaired) electrons. The lowest BCUT2D eigenvalue weighted by Gasteiger charge is -2.32. The van der Waals surface area contributed by atoms with Gasteiger partial charge in [-0.05, 0) is 105 Å². The normalized spacial score (nSPS) is 23.7. The monoisotopic (exact) mass is 566 g/mol. The van der Waals surface area contributed by atoms with Gasteiger partial charge in [0, 0.05) is 12.2 Å². The number of ether oxygens (including phenoxy) is 1. The lowest BCUT2D eigenvalue weighted by molar-refractivity contribution is -0.139. The number of esters is 1. The Morgan fingerprint density at radius 2 is 1.44 bits per heavy atom. The predicted octanol–water partition coefficient (Wildman–Crippen LogP) is 10.3. The van der Waals surface area contributed by atoms with Crippen LogP contribution >= 0.6 is 0 Å². The lowest BCUT2D eigenvalue weighted by atomic mass is 9.74. The summed E-state index contributed by atoms with van der Waals surface area (Å²) in [4.78, 5) is 11.8. The molecule has 3 heteroatoms. The highest BCUT2D eigenvalue weighted by Crippen LogP contribution is 2.40. The number of aliphatic hydroxyl groups excluding tert-OH is 1. The van der Waals surface area contributed by atoms with Gasteiger partial charge in [-0.1, -0.05) is 109 Å². The van der Waals surface area contributed by atoms with Crippen LogP contribution in [0.1, 0.15) is 153 Å². The van der Waals surface area contributed by atoms with Crippen LogP contribution in [-0.2, 0) is 16.0 Å². The van der Waals surface area contributed by atoms with Gasteiger partial charge in [-0.15, -0.1) is 0 Å². The first-order valence-electron chi connectivity index (χ1n) is 17.6. The molecule has 0 aromatic heterocycles. The third kappa shape index (κ3) is 12.7. The Labute approximate surface area is 252 Å². The summed E-state index contributed by atoms with van der Waals surface area (Å²) in [5.74, 6) is 3.88. The smallest absolute Gasteiger partial charge is 0.333 e. The highest BCUT2D eigenvalue weighted by Gasteiger charge is 2.25. The molecule has 1 aromatic rings. The van der Waals surface area contributed by atoms with Crippen LogP contribution in [-0.4, -0.2) is 24.3 Å². The van der Waals surface area contributed by atoms with Crippen molar-refractivity contribution in [3.63, 3.8) is 0 Å². The highest BCUT2D eigenvalue weighted by molar-refractivity contribution is 5.87. The molecule has 0 amide bonds. The Morgan fingerprint density at radius 3 is 2.02 bits per heavy atom. The van der Waals surface area contributed by atoms with Crippen LogP contribution in [0.3, 0.4) is 0 Å². The molecule has 1 unspecified atom stereocenters. The third-order valence-electron chi connectivity index (χ3n) is 10.6. The summed E-state index contributed by atoms with van der Waals surface area (Å²) in [7, 11) is 0. The number of carbonyl (C=O) groups is 1. The zero-order valence-electron chi connectivity index (χ0n) is 26.7. The topological polar surface area (TPSA) is 46.5 Å². The first-order chi connectivity index (χ1) is 20.0. The summed E-state index contributed by atoms with van der Waals surface area (Å²) in [5, 5.41) is 9.47. The first-order valence-corrected chi connectivity index (χ1v) is 17.6. The largest absolute Gasteiger partial charge is 0.462 e. The molecule has 2 saturated carbocycles. The van der Waals surface area contributed by atoms with Crippen molar-refractivity contribution in [2.24, 2.45) is 23.7 Å². The number of hydrogen-bond acceptors (Lipinski definition) is 3. The van der Waals surface area contributed by atoms with Crippen molar-refractivity contribution >= 4 is 5.97 Å². The average molecular weight is 567 g/mol. The molecule has 2 aliphatic rings. The number of aryl methyl sites for hydroxylation is 1. The van der Waals surface area contributed by atoms with Gasteiger partial charge in [0.1, 0.15) is 0 Å². The van der Waals surface area contributed by atoms with E-state index in [0.29, 0.717) is 24.5 Å². The molecular formula is C38H62O3. The molecular weight excluding hydrogens is 504 g/mol. The molecule has 41 heavy (non-hydrogen) atoms. The standard InChI is InChI=1S/C38H62O3/c1-4-6-7-9-31-12-14-34(15-13-31)16-17-35-20-24-37(25-21-35)36-22-18-32(19-23-36)10-8-11-33(26-28-39)27-29-41-38(40)30(3)5-2/h18-19,22-23,31,33-35,37,39H,3-17,20-21,24-29H2,1-2H3. The molecule has 1 aromatic carbocycles. The van der Waals surface area contributed by atoms with E-state index in [4.69, 9.17) is 4.74 Å². The zero-order valence-corrected chi connectivity index (χ0v) is 26.7. The van der Waals surface area contributed by atoms with Gasteiger partial charge in [-0.25, -0.2) is 4.79 Å². The van der Waals surface area contributed by atoms with Crippen molar-refractivity contribution in [1.29, 1.82) is 0 Å². The summed E-state index contributed by atoms with van der Waals surface area (Å²) in [6.07, 6.45) is 25.8. The molecule has 2 aliphatic carbocycles. The molecule has 0 saturated heterocycles. The third-order valence-corrected chi connectivity index (χ3v) is 10.6. The minimum Gasteiger partial charge on any atom is -0.462 e. The first kappa shape index (κ1) is 33.9. The highest BCUT2D eigenvalue weighted by atomic mass is 16.5. The van der Waals surface area contributed by atoms with E-state index in [1.54, 1.807) is 5.56 Å². The van der Waals surface area contributed by atoms with Gasteiger partial charge in [0.05, 0.1) is 6.61 Å². The van der Waals surface area contributed by atoms with Crippen molar-refractivity contribution in [2.75, 3.05) is 13.2 Å². The Kier molecular flexibility index (Phi) is 16.2. The molecule has 0 spiro atoms. The van der Waals surface area contributed by atoms with E-state index < -0.39 is 0 Å².